The Kier molecular flexibility index (Phi) is 3.64. The van der Waals surface area contributed by atoms with Crippen LogP contribution in [-0.2, 0) is 4.74 Å². The zero-order chi connectivity index (χ0) is 15.1. The Balaban J connectivity index is 2.18. The lowest BCUT2D eigenvalue weighted by Crippen LogP contribution is -2.33. The maximum Gasteiger partial charge on any atom is 0.165 e. The number of aliphatic hydroxyl groups excluding tert-OH is 3. The molecule has 3 heterocycles. The fourth-order valence-electron chi connectivity index (χ4n) is 2.45. The SMILES string of the molecule is N#Cc1c(Br)n(C2OC(CO)C(O)C2O)c2ncncc12. The van der Waals surface area contributed by atoms with Crippen molar-refractivity contribution in [3.8, 4) is 6.07 Å². The largest absolute Gasteiger partial charge is 0.394 e. The fraction of sp³-hybridized carbons (Fsp3) is 0.417. The molecule has 1 aliphatic heterocycles. The van der Waals surface area contributed by atoms with Crippen molar-refractivity contribution in [1.29, 1.82) is 5.26 Å². The molecule has 0 saturated carbocycles. The Morgan fingerprint density at radius 2 is 2.19 bits per heavy atom. The van der Waals surface area contributed by atoms with Gasteiger partial charge < -0.3 is 20.1 Å². The second-order valence-electron chi connectivity index (χ2n) is 4.64. The molecule has 3 N–H and O–H groups in total. The van der Waals surface area contributed by atoms with Gasteiger partial charge in [-0.2, -0.15) is 5.26 Å². The third-order valence-corrected chi connectivity index (χ3v) is 4.27. The standard InChI is InChI=1S/C12H11BrN4O4/c13-10-5(1-14)6-2-15-4-16-11(6)17(10)12-9(20)8(19)7(3-18)21-12/h2,4,7-9,12,18-20H,3H2. The molecule has 2 aromatic rings. The van der Waals surface area contributed by atoms with E-state index in [9.17, 15) is 15.5 Å². The van der Waals surface area contributed by atoms with Crippen molar-refractivity contribution in [1.82, 2.24) is 14.5 Å². The Bertz CT molecular complexity index is 728. The Hall–Kier alpha value is -1.57. The maximum absolute atomic E-state index is 10.1. The molecule has 4 atom stereocenters. The second-order valence-corrected chi connectivity index (χ2v) is 5.39. The summed E-state index contributed by atoms with van der Waals surface area (Å²) in [6.45, 7) is -0.425. The van der Waals surface area contributed by atoms with Gasteiger partial charge in [0.15, 0.2) is 6.23 Å². The van der Waals surface area contributed by atoms with E-state index in [0.29, 0.717) is 21.2 Å². The van der Waals surface area contributed by atoms with E-state index in [4.69, 9.17) is 9.84 Å². The molecule has 110 valence electrons. The molecule has 8 nitrogen and oxygen atoms in total. The van der Waals surface area contributed by atoms with E-state index < -0.39 is 31.1 Å². The number of fused-ring (bicyclic) bond motifs is 1. The predicted molar refractivity (Wildman–Crippen MR) is 73.0 cm³/mol. The van der Waals surface area contributed by atoms with Gasteiger partial charge >= 0.3 is 0 Å². The maximum atomic E-state index is 10.1. The highest BCUT2D eigenvalue weighted by Gasteiger charge is 2.44. The van der Waals surface area contributed by atoms with Gasteiger partial charge in [-0.3, -0.25) is 4.57 Å². The number of aliphatic hydroxyl groups is 3. The number of nitriles is 1. The van der Waals surface area contributed by atoms with E-state index >= 15 is 0 Å². The van der Waals surface area contributed by atoms with Crippen LogP contribution in [-0.4, -0.2) is 54.8 Å². The minimum absolute atomic E-state index is 0.309. The van der Waals surface area contributed by atoms with Crippen LogP contribution in [0, 0.1) is 11.3 Å². The van der Waals surface area contributed by atoms with Crippen LogP contribution in [0.15, 0.2) is 17.1 Å². The van der Waals surface area contributed by atoms with Gasteiger partial charge in [0, 0.05) is 6.20 Å². The van der Waals surface area contributed by atoms with E-state index in [1.54, 1.807) is 0 Å². The summed E-state index contributed by atoms with van der Waals surface area (Å²) >= 11 is 3.29. The highest BCUT2D eigenvalue weighted by atomic mass is 79.9. The van der Waals surface area contributed by atoms with Gasteiger partial charge in [-0.05, 0) is 15.9 Å². The zero-order valence-electron chi connectivity index (χ0n) is 10.6. The average Bonchev–Trinajstić information content (AvgIpc) is 2.94. The summed E-state index contributed by atoms with van der Waals surface area (Å²) in [5, 5.41) is 38.9. The highest BCUT2D eigenvalue weighted by Crippen LogP contribution is 2.37. The number of ether oxygens (including phenoxy) is 1. The molecule has 1 saturated heterocycles. The molecule has 0 aliphatic carbocycles. The summed E-state index contributed by atoms with van der Waals surface area (Å²) in [4.78, 5) is 7.98. The number of rotatable bonds is 2. The molecule has 1 aliphatic rings. The number of aromatic nitrogens is 3. The van der Waals surface area contributed by atoms with Crippen molar-refractivity contribution >= 4 is 27.0 Å². The summed E-state index contributed by atoms with van der Waals surface area (Å²) in [6.07, 6.45) is -1.54. The molecule has 3 rings (SSSR count). The van der Waals surface area contributed by atoms with Crippen LogP contribution in [0.1, 0.15) is 11.8 Å². The van der Waals surface area contributed by atoms with E-state index in [1.807, 2.05) is 6.07 Å². The van der Waals surface area contributed by atoms with Gasteiger partial charge in [0.2, 0.25) is 0 Å². The summed E-state index contributed by atoms with van der Waals surface area (Å²) < 4.78 is 7.32. The van der Waals surface area contributed by atoms with Crippen molar-refractivity contribution < 1.29 is 20.1 Å². The first-order valence-corrected chi connectivity index (χ1v) is 6.91. The Morgan fingerprint density at radius 3 is 2.81 bits per heavy atom. The lowest BCUT2D eigenvalue weighted by Gasteiger charge is -2.18. The molecular formula is C12H11BrN4O4. The first-order valence-electron chi connectivity index (χ1n) is 6.12. The van der Waals surface area contributed by atoms with Gasteiger partial charge in [-0.1, -0.05) is 0 Å². The predicted octanol–water partition coefficient (Wildman–Crippen LogP) is -0.323. The van der Waals surface area contributed by atoms with Crippen LogP contribution >= 0.6 is 15.9 Å². The topological polar surface area (TPSA) is 124 Å². The van der Waals surface area contributed by atoms with Crippen LogP contribution < -0.4 is 0 Å². The summed E-state index contributed by atoms with van der Waals surface area (Å²) in [7, 11) is 0. The van der Waals surface area contributed by atoms with E-state index in [-0.39, 0.29) is 0 Å². The third kappa shape index (κ3) is 2.04. The number of halogens is 1. The van der Waals surface area contributed by atoms with Crippen LogP contribution in [0.5, 0.6) is 0 Å². The number of hydrogen-bond acceptors (Lipinski definition) is 7. The number of nitrogens with zero attached hydrogens (tertiary/aromatic N) is 4. The van der Waals surface area contributed by atoms with Gasteiger partial charge in [0.05, 0.1) is 17.6 Å². The van der Waals surface area contributed by atoms with Crippen molar-refractivity contribution in [2.45, 2.75) is 24.5 Å². The molecule has 4 unspecified atom stereocenters. The van der Waals surface area contributed by atoms with Gasteiger partial charge in [-0.15, -0.1) is 0 Å². The quantitative estimate of drug-likeness (QED) is 0.674. The first kappa shape index (κ1) is 14.4. The Morgan fingerprint density at radius 1 is 1.43 bits per heavy atom. The Labute approximate surface area is 127 Å². The molecule has 2 aromatic heterocycles. The molecule has 0 spiro atoms. The molecular weight excluding hydrogens is 344 g/mol. The van der Waals surface area contributed by atoms with Crippen molar-refractivity contribution in [2.75, 3.05) is 6.61 Å². The molecule has 9 heteroatoms. The van der Waals surface area contributed by atoms with Crippen molar-refractivity contribution in [2.24, 2.45) is 0 Å². The number of hydrogen-bond donors (Lipinski definition) is 3. The highest BCUT2D eigenvalue weighted by molar-refractivity contribution is 9.10. The molecule has 0 bridgehead atoms. The fourth-order valence-corrected chi connectivity index (χ4v) is 3.12. The average molecular weight is 355 g/mol. The zero-order valence-corrected chi connectivity index (χ0v) is 12.2. The van der Waals surface area contributed by atoms with E-state index in [1.165, 1.54) is 17.1 Å². The van der Waals surface area contributed by atoms with Crippen molar-refractivity contribution in [3.63, 3.8) is 0 Å². The lowest BCUT2D eigenvalue weighted by molar-refractivity contribution is -0.0518. The normalized spacial score (nSPS) is 28.9. The molecule has 0 aromatic carbocycles. The monoisotopic (exact) mass is 354 g/mol. The molecule has 1 fully saturated rings. The lowest BCUT2D eigenvalue weighted by atomic mass is 10.1. The first-order chi connectivity index (χ1) is 10.1. The van der Waals surface area contributed by atoms with Crippen molar-refractivity contribution in [3.05, 3.63) is 22.7 Å². The third-order valence-electron chi connectivity index (χ3n) is 3.49. The van der Waals surface area contributed by atoms with Crippen LogP contribution in [0.2, 0.25) is 0 Å². The summed E-state index contributed by atoms with van der Waals surface area (Å²) in [6, 6.07) is 2.04. The minimum atomic E-state index is -1.25. The van der Waals surface area contributed by atoms with Crippen LogP contribution in [0.3, 0.4) is 0 Å². The van der Waals surface area contributed by atoms with Gasteiger partial charge in [0.25, 0.3) is 0 Å². The molecule has 0 amide bonds. The van der Waals surface area contributed by atoms with Crippen LogP contribution in [0.4, 0.5) is 0 Å². The minimum Gasteiger partial charge on any atom is -0.394 e. The van der Waals surface area contributed by atoms with Crippen LogP contribution in [0.25, 0.3) is 11.0 Å². The van der Waals surface area contributed by atoms with Gasteiger partial charge in [-0.25, -0.2) is 9.97 Å². The summed E-state index contributed by atoms with van der Waals surface area (Å²) in [5.74, 6) is 0. The summed E-state index contributed by atoms with van der Waals surface area (Å²) in [5.41, 5.74) is 0.701. The van der Waals surface area contributed by atoms with E-state index in [0.717, 1.165) is 0 Å². The molecule has 0 radical (unpaired) electrons. The molecule has 21 heavy (non-hydrogen) atoms. The van der Waals surface area contributed by atoms with Gasteiger partial charge in [0.1, 0.15) is 41.0 Å². The second kappa shape index (κ2) is 5.32. The van der Waals surface area contributed by atoms with E-state index in [2.05, 4.69) is 25.9 Å². The smallest absolute Gasteiger partial charge is 0.165 e.